The van der Waals surface area contributed by atoms with Gasteiger partial charge in [-0.15, -0.1) is 0 Å². The molecule has 0 aliphatic carbocycles. The summed E-state index contributed by atoms with van der Waals surface area (Å²) in [5, 5.41) is 3.22. The van der Waals surface area contributed by atoms with Gasteiger partial charge in [0, 0.05) is 11.8 Å². The average molecular weight is 313 g/mol. The monoisotopic (exact) mass is 313 g/mol. The maximum absolute atomic E-state index is 12.3. The van der Waals surface area contributed by atoms with Crippen LogP contribution < -0.4 is 14.8 Å². The lowest BCUT2D eigenvalue weighted by atomic mass is 10.1. The van der Waals surface area contributed by atoms with E-state index in [4.69, 9.17) is 14.2 Å². The second-order valence-corrected chi connectivity index (χ2v) is 5.10. The standard InChI is InChI=1S/C18H19NO4/c1-2-21-18(20)17(13-6-4-3-5-7-13)19-14-8-9-15-16(12-14)23-11-10-22-15/h3-9,12,17,19H,2,10-11H2,1H3. The van der Waals surface area contributed by atoms with Crippen LogP contribution in [0, 0.1) is 0 Å². The number of carbonyl (C=O) groups is 1. The Labute approximate surface area is 135 Å². The zero-order valence-electron chi connectivity index (χ0n) is 13.0. The van der Waals surface area contributed by atoms with Crippen LogP contribution in [-0.2, 0) is 9.53 Å². The molecule has 5 nitrogen and oxygen atoms in total. The van der Waals surface area contributed by atoms with Gasteiger partial charge in [0.25, 0.3) is 0 Å². The van der Waals surface area contributed by atoms with Gasteiger partial charge in [0.05, 0.1) is 6.61 Å². The first-order chi connectivity index (χ1) is 11.3. The number of hydrogen-bond donors (Lipinski definition) is 1. The molecule has 0 aromatic heterocycles. The van der Waals surface area contributed by atoms with Crippen LogP contribution in [-0.4, -0.2) is 25.8 Å². The SMILES string of the molecule is CCOC(=O)C(Nc1ccc2c(c1)OCCO2)c1ccccc1. The molecule has 5 heteroatoms. The molecular formula is C18H19NO4. The number of rotatable bonds is 5. The highest BCUT2D eigenvalue weighted by Crippen LogP contribution is 2.34. The van der Waals surface area contributed by atoms with Crippen molar-refractivity contribution < 1.29 is 19.0 Å². The molecule has 0 saturated carbocycles. The number of nitrogens with one attached hydrogen (secondary N) is 1. The molecule has 2 aromatic rings. The van der Waals surface area contributed by atoms with Gasteiger partial charge in [-0.1, -0.05) is 30.3 Å². The van der Waals surface area contributed by atoms with E-state index in [1.54, 1.807) is 6.92 Å². The minimum atomic E-state index is -0.571. The first-order valence-electron chi connectivity index (χ1n) is 7.65. The van der Waals surface area contributed by atoms with Crippen molar-refractivity contribution >= 4 is 11.7 Å². The smallest absolute Gasteiger partial charge is 0.333 e. The molecule has 1 aliphatic rings. The highest BCUT2D eigenvalue weighted by atomic mass is 16.6. The lowest BCUT2D eigenvalue weighted by Crippen LogP contribution is -2.23. The van der Waals surface area contributed by atoms with Crippen molar-refractivity contribution in [2.24, 2.45) is 0 Å². The van der Waals surface area contributed by atoms with Gasteiger partial charge in [0.15, 0.2) is 17.5 Å². The minimum Gasteiger partial charge on any atom is -0.486 e. The normalized spacial score (nSPS) is 14.0. The Morgan fingerprint density at radius 2 is 1.87 bits per heavy atom. The summed E-state index contributed by atoms with van der Waals surface area (Å²) < 4.78 is 16.3. The summed E-state index contributed by atoms with van der Waals surface area (Å²) in [6.45, 7) is 3.21. The van der Waals surface area contributed by atoms with Crippen LogP contribution in [0.5, 0.6) is 11.5 Å². The molecule has 0 bridgehead atoms. The van der Waals surface area contributed by atoms with E-state index in [1.807, 2.05) is 48.5 Å². The molecule has 1 atom stereocenters. The fraction of sp³-hybridized carbons (Fsp3) is 0.278. The molecule has 0 spiro atoms. The predicted octanol–water partition coefficient (Wildman–Crippen LogP) is 3.17. The Kier molecular flexibility index (Phi) is 4.66. The quantitative estimate of drug-likeness (QED) is 0.859. The van der Waals surface area contributed by atoms with Gasteiger partial charge in [0.2, 0.25) is 0 Å². The molecule has 23 heavy (non-hydrogen) atoms. The molecule has 0 amide bonds. The Morgan fingerprint density at radius 3 is 2.61 bits per heavy atom. The second kappa shape index (κ2) is 7.05. The van der Waals surface area contributed by atoms with Crippen LogP contribution >= 0.6 is 0 Å². The first-order valence-corrected chi connectivity index (χ1v) is 7.65. The van der Waals surface area contributed by atoms with Gasteiger partial charge in [-0.25, -0.2) is 4.79 Å². The summed E-state index contributed by atoms with van der Waals surface area (Å²) in [5.41, 5.74) is 1.62. The fourth-order valence-corrected chi connectivity index (χ4v) is 2.45. The zero-order valence-corrected chi connectivity index (χ0v) is 13.0. The van der Waals surface area contributed by atoms with Crippen LogP contribution in [0.2, 0.25) is 0 Å². The summed E-state index contributed by atoms with van der Waals surface area (Å²) in [4.78, 5) is 12.3. The minimum absolute atomic E-state index is 0.311. The Hall–Kier alpha value is -2.69. The molecule has 120 valence electrons. The van der Waals surface area contributed by atoms with Gasteiger partial charge >= 0.3 is 5.97 Å². The van der Waals surface area contributed by atoms with Gasteiger partial charge < -0.3 is 19.5 Å². The zero-order chi connectivity index (χ0) is 16.1. The number of hydrogen-bond acceptors (Lipinski definition) is 5. The summed E-state index contributed by atoms with van der Waals surface area (Å²) in [5.74, 6) is 1.08. The molecule has 1 unspecified atom stereocenters. The number of ether oxygens (including phenoxy) is 3. The van der Waals surface area contributed by atoms with Crippen molar-refractivity contribution in [1.82, 2.24) is 0 Å². The lowest BCUT2D eigenvalue weighted by molar-refractivity contribution is -0.144. The first kappa shape index (κ1) is 15.2. The van der Waals surface area contributed by atoms with Gasteiger partial charge in [0.1, 0.15) is 13.2 Å². The van der Waals surface area contributed by atoms with Crippen LogP contribution in [0.1, 0.15) is 18.5 Å². The van der Waals surface area contributed by atoms with E-state index in [1.165, 1.54) is 0 Å². The molecule has 0 radical (unpaired) electrons. The van der Waals surface area contributed by atoms with E-state index in [-0.39, 0.29) is 5.97 Å². The van der Waals surface area contributed by atoms with E-state index >= 15 is 0 Å². The molecule has 0 saturated heterocycles. The van der Waals surface area contributed by atoms with E-state index in [0.717, 1.165) is 11.3 Å². The molecule has 2 aromatic carbocycles. The number of benzene rings is 2. The van der Waals surface area contributed by atoms with E-state index in [0.29, 0.717) is 31.3 Å². The van der Waals surface area contributed by atoms with Crippen LogP contribution in [0.25, 0.3) is 0 Å². The number of carbonyl (C=O) groups excluding carboxylic acids is 1. The van der Waals surface area contributed by atoms with Gasteiger partial charge in [-0.2, -0.15) is 0 Å². The summed E-state index contributed by atoms with van der Waals surface area (Å²) in [6, 6.07) is 14.5. The summed E-state index contributed by atoms with van der Waals surface area (Å²) in [6.07, 6.45) is 0. The van der Waals surface area contributed by atoms with E-state index in [9.17, 15) is 4.79 Å². The molecule has 3 rings (SSSR count). The average Bonchev–Trinajstić information content (AvgIpc) is 2.60. The maximum atomic E-state index is 12.3. The third-order valence-electron chi connectivity index (χ3n) is 3.51. The summed E-state index contributed by atoms with van der Waals surface area (Å²) in [7, 11) is 0. The molecule has 0 fully saturated rings. The molecular weight excluding hydrogens is 294 g/mol. The number of esters is 1. The third-order valence-corrected chi connectivity index (χ3v) is 3.51. The van der Waals surface area contributed by atoms with Crippen molar-refractivity contribution in [1.29, 1.82) is 0 Å². The van der Waals surface area contributed by atoms with Gasteiger partial charge in [-0.3, -0.25) is 0 Å². The Bertz CT molecular complexity index is 672. The predicted molar refractivity (Wildman–Crippen MR) is 86.9 cm³/mol. The number of anilines is 1. The van der Waals surface area contributed by atoms with Crippen molar-refractivity contribution in [3.63, 3.8) is 0 Å². The highest BCUT2D eigenvalue weighted by molar-refractivity contribution is 5.81. The third kappa shape index (κ3) is 3.56. The largest absolute Gasteiger partial charge is 0.486 e. The highest BCUT2D eigenvalue weighted by Gasteiger charge is 2.22. The van der Waals surface area contributed by atoms with Crippen LogP contribution in [0.3, 0.4) is 0 Å². The molecule has 1 N–H and O–H groups in total. The fourth-order valence-electron chi connectivity index (χ4n) is 2.45. The maximum Gasteiger partial charge on any atom is 0.333 e. The second-order valence-electron chi connectivity index (χ2n) is 5.10. The van der Waals surface area contributed by atoms with Crippen molar-refractivity contribution in [3.05, 3.63) is 54.1 Å². The van der Waals surface area contributed by atoms with Crippen molar-refractivity contribution in [3.8, 4) is 11.5 Å². The molecule has 1 aliphatic heterocycles. The summed E-state index contributed by atoms with van der Waals surface area (Å²) >= 11 is 0. The van der Waals surface area contributed by atoms with E-state index < -0.39 is 6.04 Å². The Balaban J connectivity index is 1.85. The number of fused-ring (bicyclic) bond motifs is 1. The van der Waals surface area contributed by atoms with E-state index in [2.05, 4.69) is 5.32 Å². The van der Waals surface area contributed by atoms with Crippen LogP contribution in [0.4, 0.5) is 5.69 Å². The Morgan fingerprint density at radius 1 is 1.13 bits per heavy atom. The topological polar surface area (TPSA) is 56.8 Å². The van der Waals surface area contributed by atoms with Crippen LogP contribution in [0.15, 0.2) is 48.5 Å². The molecule has 1 heterocycles. The van der Waals surface area contributed by atoms with Crippen molar-refractivity contribution in [2.75, 3.05) is 25.1 Å². The van der Waals surface area contributed by atoms with Crippen molar-refractivity contribution in [2.45, 2.75) is 13.0 Å². The lowest BCUT2D eigenvalue weighted by Gasteiger charge is -2.22. The van der Waals surface area contributed by atoms with Gasteiger partial charge in [-0.05, 0) is 24.6 Å².